The summed E-state index contributed by atoms with van der Waals surface area (Å²) in [5.74, 6) is 2.75. The molecule has 11 atom stereocenters. The summed E-state index contributed by atoms with van der Waals surface area (Å²) in [6, 6.07) is 0. The molecule has 188 valence electrons. The van der Waals surface area contributed by atoms with Gasteiger partial charge in [0, 0.05) is 0 Å². The molecule has 5 fully saturated rings. The molecule has 0 saturated heterocycles. The molecule has 3 nitrogen and oxygen atoms in total. The third kappa shape index (κ3) is 2.81. The largest absolute Gasteiger partial charge is 0.481 e. The highest BCUT2D eigenvalue weighted by atomic mass is 16.4. The van der Waals surface area contributed by atoms with Crippen LogP contribution in [-0.4, -0.2) is 22.3 Å². The first-order valence-electron chi connectivity index (χ1n) is 14.2. The van der Waals surface area contributed by atoms with Gasteiger partial charge in [0.1, 0.15) is 0 Å². The smallest absolute Gasteiger partial charge is 0.309 e. The Morgan fingerprint density at radius 2 is 1.45 bits per heavy atom. The SMILES string of the molecule is C[C@@H]1[C@H]2[C@H]3CCC4[C@@]5(C)CC[C@H](O)C(C)(C)C5CC[C@@]4(C)[C@]3(C)CC[C@@]2(C(=O)O)CC[C@H]1C. The van der Waals surface area contributed by atoms with Gasteiger partial charge in [-0.05, 0) is 121 Å². The van der Waals surface area contributed by atoms with Crippen LogP contribution in [0.5, 0.6) is 0 Å². The molecule has 0 aromatic heterocycles. The number of hydrogen-bond acceptors (Lipinski definition) is 2. The topological polar surface area (TPSA) is 57.5 Å². The van der Waals surface area contributed by atoms with Gasteiger partial charge < -0.3 is 10.2 Å². The van der Waals surface area contributed by atoms with E-state index in [-0.39, 0.29) is 27.8 Å². The van der Waals surface area contributed by atoms with Crippen LogP contribution in [0.1, 0.15) is 113 Å². The number of rotatable bonds is 1. The zero-order valence-corrected chi connectivity index (χ0v) is 22.4. The number of carboxylic acid groups (broad SMARTS) is 1. The fourth-order valence-corrected chi connectivity index (χ4v) is 11.7. The normalized spacial score (nSPS) is 57.8. The third-order valence-electron chi connectivity index (χ3n) is 14.0. The second kappa shape index (κ2) is 7.23. The predicted molar refractivity (Wildman–Crippen MR) is 133 cm³/mol. The third-order valence-corrected chi connectivity index (χ3v) is 14.0. The molecule has 3 heteroatoms. The van der Waals surface area contributed by atoms with E-state index in [4.69, 9.17) is 0 Å². The zero-order chi connectivity index (χ0) is 24.2. The summed E-state index contributed by atoms with van der Waals surface area (Å²) in [6.07, 6.45) is 10.8. The summed E-state index contributed by atoms with van der Waals surface area (Å²) in [6.45, 7) is 17.2. The number of fused-ring (bicyclic) bond motifs is 7. The van der Waals surface area contributed by atoms with Crippen LogP contribution in [0.25, 0.3) is 0 Å². The van der Waals surface area contributed by atoms with Gasteiger partial charge >= 0.3 is 5.97 Å². The molecule has 5 saturated carbocycles. The molecule has 33 heavy (non-hydrogen) atoms. The minimum absolute atomic E-state index is 0.00950. The average Bonchev–Trinajstić information content (AvgIpc) is 2.74. The lowest BCUT2D eigenvalue weighted by Gasteiger charge is -2.73. The Bertz CT molecular complexity index is 819. The van der Waals surface area contributed by atoms with Gasteiger partial charge in [0.15, 0.2) is 0 Å². The van der Waals surface area contributed by atoms with Crippen molar-refractivity contribution in [3.63, 3.8) is 0 Å². The Morgan fingerprint density at radius 3 is 2.12 bits per heavy atom. The van der Waals surface area contributed by atoms with Crippen molar-refractivity contribution in [2.45, 2.75) is 119 Å². The Balaban J connectivity index is 1.56. The van der Waals surface area contributed by atoms with Gasteiger partial charge in [0.05, 0.1) is 11.5 Å². The van der Waals surface area contributed by atoms with E-state index >= 15 is 0 Å². The Hall–Kier alpha value is -0.570. The van der Waals surface area contributed by atoms with Crippen molar-refractivity contribution >= 4 is 5.97 Å². The summed E-state index contributed by atoms with van der Waals surface area (Å²) < 4.78 is 0. The number of carbonyl (C=O) groups is 1. The van der Waals surface area contributed by atoms with Crippen molar-refractivity contribution in [3.05, 3.63) is 0 Å². The van der Waals surface area contributed by atoms with Gasteiger partial charge in [0.25, 0.3) is 0 Å². The van der Waals surface area contributed by atoms with E-state index in [9.17, 15) is 15.0 Å². The maximum Gasteiger partial charge on any atom is 0.309 e. The molecule has 2 N–H and O–H groups in total. The molecule has 0 aromatic rings. The molecule has 0 aliphatic heterocycles. The van der Waals surface area contributed by atoms with Crippen LogP contribution in [0.2, 0.25) is 0 Å². The fourth-order valence-electron chi connectivity index (χ4n) is 11.7. The van der Waals surface area contributed by atoms with Gasteiger partial charge in [-0.15, -0.1) is 0 Å². The second-order valence-electron chi connectivity index (χ2n) is 14.9. The summed E-state index contributed by atoms with van der Waals surface area (Å²) >= 11 is 0. The number of aliphatic carboxylic acids is 1. The number of hydrogen-bond donors (Lipinski definition) is 2. The molecular formula is C30H50O3. The first kappa shape index (κ1) is 24.1. The quantitative estimate of drug-likeness (QED) is 0.438. The lowest BCUT2D eigenvalue weighted by Crippen LogP contribution is -2.68. The minimum atomic E-state index is -0.501. The molecule has 2 unspecified atom stereocenters. The van der Waals surface area contributed by atoms with Crippen molar-refractivity contribution < 1.29 is 15.0 Å². The Labute approximate surface area is 202 Å². The first-order valence-corrected chi connectivity index (χ1v) is 14.2. The molecule has 0 spiro atoms. The van der Waals surface area contributed by atoms with Gasteiger partial charge in [-0.2, -0.15) is 0 Å². The fraction of sp³-hybridized carbons (Fsp3) is 0.967. The minimum Gasteiger partial charge on any atom is -0.481 e. The van der Waals surface area contributed by atoms with E-state index in [2.05, 4.69) is 48.5 Å². The molecule has 0 radical (unpaired) electrons. The van der Waals surface area contributed by atoms with Crippen LogP contribution in [-0.2, 0) is 4.79 Å². The van der Waals surface area contributed by atoms with Gasteiger partial charge in [-0.3, -0.25) is 4.79 Å². The van der Waals surface area contributed by atoms with Crippen LogP contribution >= 0.6 is 0 Å². The van der Waals surface area contributed by atoms with Crippen LogP contribution in [0.4, 0.5) is 0 Å². The molecule has 0 amide bonds. The van der Waals surface area contributed by atoms with Gasteiger partial charge in [0.2, 0.25) is 0 Å². The van der Waals surface area contributed by atoms with Crippen LogP contribution in [0.3, 0.4) is 0 Å². The number of aliphatic hydroxyl groups excluding tert-OH is 1. The van der Waals surface area contributed by atoms with E-state index in [1.165, 1.54) is 25.7 Å². The number of aliphatic hydroxyl groups is 1. The Morgan fingerprint density at radius 1 is 0.758 bits per heavy atom. The second-order valence-corrected chi connectivity index (χ2v) is 14.9. The molecule has 5 aliphatic rings. The van der Waals surface area contributed by atoms with E-state index in [0.29, 0.717) is 35.5 Å². The van der Waals surface area contributed by atoms with E-state index in [1.54, 1.807) is 0 Å². The van der Waals surface area contributed by atoms with Crippen molar-refractivity contribution in [3.8, 4) is 0 Å². The Kier molecular flexibility index (Phi) is 5.29. The van der Waals surface area contributed by atoms with Crippen molar-refractivity contribution in [2.24, 2.45) is 62.6 Å². The maximum atomic E-state index is 12.8. The van der Waals surface area contributed by atoms with Crippen molar-refractivity contribution in [2.75, 3.05) is 0 Å². The summed E-state index contributed by atoms with van der Waals surface area (Å²) in [5, 5.41) is 21.5. The summed E-state index contributed by atoms with van der Waals surface area (Å²) in [5.41, 5.74) is 0.280. The monoisotopic (exact) mass is 458 g/mol. The predicted octanol–water partition coefficient (Wildman–Crippen LogP) is 7.17. The summed E-state index contributed by atoms with van der Waals surface area (Å²) in [4.78, 5) is 12.8. The van der Waals surface area contributed by atoms with E-state index in [0.717, 1.165) is 38.5 Å². The number of carboxylic acids is 1. The molecule has 0 heterocycles. The molecule has 5 aliphatic carbocycles. The van der Waals surface area contributed by atoms with Crippen LogP contribution in [0.15, 0.2) is 0 Å². The molecule has 0 bridgehead atoms. The zero-order valence-electron chi connectivity index (χ0n) is 22.4. The highest BCUT2D eigenvalue weighted by molar-refractivity contribution is 5.75. The van der Waals surface area contributed by atoms with E-state index in [1.807, 2.05) is 0 Å². The standard InChI is InChI=1S/C30H50O3/c1-18-10-15-30(25(32)33)17-16-28(6)20(24(30)19(18)2)8-9-22-27(5)13-12-23(31)26(3,4)21(27)11-14-29(22,28)7/h18-24,31H,8-17H2,1-7H3,(H,32,33)/t18-,19+,20-,21?,22?,23+,24+,27+,28-,29-,30+/m1/s1. The maximum absolute atomic E-state index is 12.8. The summed E-state index contributed by atoms with van der Waals surface area (Å²) in [7, 11) is 0. The van der Waals surface area contributed by atoms with Crippen LogP contribution in [0, 0.1) is 62.6 Å². The lowest BCUT2D eigenvalue weighted by atomic mass is 9.31. The highest BCUT2D eigenvalue weighted by Gasteiger charge is 2.71. The lowest BCUT2D eigenvalue weighted by molar-refractivity contribution is -0.258. The van der Waals surface area contributed by atoms with Gasteiger partial charge in [-0.1, -0.05) is 48.5 Å². The van der Waals surface area contributed by atoms with Crippen molar-refractivity contribution in [1.29, 1.82) is 0 Å². The first-order chi connectivity index (χ1) is 15.3. The molecule has 5 rings (SSSR count). The van der Waals surface area contributed by atoms with E-state index < -0.39 is 11.4 Å². The molecule has 0 aromatic carbocycles. The van der Waals surface area contributed by atoms with Crippen molar-refractivity contribution in [1.82, 2.24) is 0 Å². The van der Waals surface area contributed by atoms with Gasteiger partial charge in [-0.25, -0.2) is 0 Å². The highest BCUT2D eigenvalue weighted by Crippen LogP contribution is 2.77. The average molecular weight is 459 g/mol. The van der Waals surface area contributed by atoms with Crippen LogP contribution < -0.4 is 0 Å². The molecular weight excluding hydrogens is 408 g/mol.